The molecule has 2 rings (SSSR count). The summed E-state index contributed by atoms with van der Waals surface area (Å²) in [6.45, 7) is 2.20. The Bertz CT molecular complexity index is 496. The normalized spacial score (nSPS) is 12.1. The van der Waals surface area contributed by atoms with Gasteiger partial charge in [-0.05, 0) is 24.1 Å². The van der Waals surface area contributed by atoms with E-state index in [0.29, 0.717) is 11.8 Å². The quantitative estimate of drug-likeness (QED) is 0.781. The second-order valence-electron chi connectivity index (χ2n) is 4.80. The first-order chi connectivity index (χ1) is 9.29. The number of phenols is 1. The van der Waals surface area contributed by atoms with E-state index < -0.39 is 0 Å². The van der Waals surface area contributed by atoms with Gasteiger partial charge < -0.3 is 10.4 Å². The van der Waals surface area contributed by atoms with Gasteiger partial charge in [-0.3, -0.25) is 0 Å². The average molecular weight is 255 g/mol. The van der Waals surface area contributed by atoms with Crippen LogP contribution in [-0.4, -0.2) is 5.11 Å². The molecule has 0 heterocycles. The number of phenolic OH excluding ortho intramolecular Hbond substituents is 1. The molecule has 0 aromatic heterocycles. The van der Waals surface area contributed by atoms with Gasteiger partial charge in [0.25, 0.3) is 0 Å². The van der Waals surface area contributed by atoms with Crippen LogP contribution in [0.3, 0.4) is 0 Å². The van der Waals surface area contributed by atoms with Crippen LogP contribution in [0.15, 0.2) is 54.6 Å². The summed E-state index contributed by atoms with van der Waals surface area (Å²) in [5.41, 5.74) is 2.25. The lowest BCUT2D eigenvalue weighted by Crippen LogP contribution is -2.10. The van der Waals surface area contributed by atoms with E-state index in [-0.39, 0.29) is 0 Å². The van der Waals surface area contributed by atoms with Crippen molar-refractivity contribution in [2.45, 2.75) is 32.2 Å². The van der Waals surface area contributed by atoms with E-state index in [9.17, 15) is 5.11 Å². The van der Waals surface area contributed by atoms with Crippen LogP contribution in [0.5, 0.6) is 5.75 Å². The molecule has 0 bridgehead atoms. The Hall–Kier alpha value is -1.96. The highest BCUT2D eigenvalue weighted by Gasteiger charge is 2.10. The average Bonchev–Trinajstić information content (AvgIpc) is 2.44. The highest BCUT2D eigenvalue weighted by molar-refractivity contribution is 5.49. The summed E-state index contributed by atoms with van der Waals surface area (Å²) >= 11 is 0. The summed E-state index contributed by atoms with van der Waals surface area (Å²) < 4.78 is 0. The summed E-state index contributed by atoms with van der Waals surface area (Å²) in [7, 11) is 0. The number of hydrogen-bond acceptors (Lipinski definition) is 2. The third-order valence-electron chi connectivity index (χ3n) is 3.24. The number of anilines is 1. The zero-order valence-electron chi connectivity index (χ0n) is 11.3. The van der Waals surface area contributed by atoms with Gasteiger partial charge in [0, 0.05) is 11.8 Å². The molecular formula is C17H21NO. The highest BCUT2D eigenvalue weighted by atomic mass is 16.3. The Morgan fingerprint density at radius 1 is 1.05 bits per heavy atom. The van der Waals surface area contributed by atoms with Crippen molar-refractivity contribution in [1.82, 2.24) is 0 Å². The van der Waals surface area contributed by atoms with Crippen molar-refractivity contribution in [2.24, 2.45) is 0 Å². The van der Waals surface area contributed by atoms with Crippen LogP contribution in [0.25, 0.3) is 0 Å². The van der Waals surface area contributed by atoms with E-state index in [2.05, 4.69) is 36.5 Å². The Morgan fingerprint density at radius 2 is 1.84 bits per heavy atom. The molecule has 0 saturated carbocycles. The number of unbranched alkanes of at least 4 members (excludes halogenated alkanes) is 1. The fourth-order valence-corrected chi connectivity index (χ4v) is 2.21. The predicted molar refractivity (Wildman–Crippen MR) is 80.4 cm³/mol. The molecule has 0 amide bonds. The Kier molecular flexibility index (Phi) is 4.85. The largest absolute Gasteiger partial charge is 0.508 e. The molecule has 2 aromatic rings. The molecule has 2 heteroatoms. The van der Waals surface area contributed by atoms with Gasteiger partial charge in [0.2, 0.25) is 0 Å². The topological polar surface area (TPSA) is 32.3 Å². The molecule has 100 valence electrons. The zero-order chi connectivity index (χ0) is 13.5. The van der Waals surface area contributed by atoms with Gasteiger partial charge in [0.15, 0.2) is 0 Å². The van der Waals surface area contributed by atoms with Crippen molar-refractivity contribution in [3.8, 4) is 5.75 Å². The molecule has 0 saturated heterocycles. The first-order valence-corrected chi connectivity index (χ1v) is 6.90. The molecule has 0 fully saturated rings. The standard InChI is InChI=1S/C17H21NO/c1-2-3-12-17(14-8-5-4-6-9-14)18-15-10-7-11-16(19)13-15/h4-11,13,17-19H,2-3,12H2,1H3. The molecule has 2 nitrogen and oxygen atoms in total. The van der Waals surface area contributed by atoms with Crippen LogP contribution in [-0.2, 0) is 0 Å². The summed E-state index contributed by atoms with van der Waals surface area (Å²) in [5, 5.41) is 13.0. The number of nitrogens with one attached hydrogen (secondary N) is 1. The van der Waals surface area contributed by atoms with E-state index >= 15 is 0 Å². The molecule has 0 aliphatic rings. The van der Waals surface area contributed by atoms with Crippen molar-refractivity contribution in [1.29, 1.82) is 0 Å². The molecule has 0 radical (unpaired) electrons. The van der Waals surface area contributed by atoms with Crippen molar-refractivity contribution in [2.75, 3.05) is 5.32 Å². The third-order valence-corrected chi connectivity index (χ3v) is 3.24. The maximum absolute atomic E-state index is 9.53. The van der Waals surface area contributed by atoms with Crippen LogP contribution < -0.4 is 5.32 Å². The smallest absolute Gasteiger partial charge is 0.117 e. The molecule has 1 unspecified atom stereocenters. The van der Waals surface area contributed by atoms with Crippen LogP contribution in [0.4, 0.5) is 5.69 Å². The predicted octanol–water partition coefficient (Wildman–Crippen LogP) is 4.74. The van der Waals surface area contributed by atoms with Crippen LogP contribution in [0, 0.1) is 0 Å². The molecular weight excluding hydrogens is 234 g/mol. The lowest BCUT2D eigenvalue weighted by atomic mass is 10.0. The second kappa shape index (κ2) is 6.83. The molecule has 2 N–H and O–H groups in total. The Labute approximate surface area is 115 Å². The van der Waals surface area contributed by atoms with Crippen LogP contribution in [0.2, 0.25) is 0 Å². The van der Waals surface area contributed by atoms with Gasteiger partial charge in [-0.1, -0.05) is 56.2 Å². The summed E-state index contributed by atoms with van der Waals surface area (Å²) in [6, 6.07) is 18.1. The van der Waals surface area contributed by atoms with Crippen molar-refractivity contribution in [3.63, 3.8) is 0 Å². The summed E-state index contributed by atoms with van der Waals surface area (Å²) in [5.74, 6) is 0.298. The zero-order valence-corrected chi connectivity index (χ0v) is 11.3. The van der Waals surface area contributed by atoms with Crippen LogP contribution >= 0.6 is 0 Å². The van der Waals surface area contributed by atoms with E-state index in [0.717, 1.165) is 12.1 Å². The lowest BCUT2D eigenvalue weighted by molar-refractivity contribution is 0.475. The molecule has 0 spiro atoms. The fourth-order valence-electron chi connectivity index (χ4n) is 2.21. The summed E-state index contributed by atoms with van der Waals surface area (Å²) in [4.78, 5) is 0. The van der Waals surface area contributed by atoms with E-state index in [1.807, 2.05) is 18.2 Å². The van der Waals surface area contributed by atoms with E-state index in [1.165, 1.54) is 18.4 Å². The molecule has 0 aliphatic heterocycles. The number of aromatic hydroxyl groups is 1. The second-order valence-corrected chi connectivity index (χ2v) is 4.80. The summed E-state index contributed by atoms with van der Waals surface area (Å²) in [6.07, 6.45) is 3.46. The van der Waals surface area contributed by atoms with Gasteiger partial charge in [-0.2, -0.15) is 0 Å². The molecule has 1 atom stereocenters. The van der Waals surface area contributed by atoms with E-state index in [1.54, 1.807) is 12.1 Å². The lowest BCUT2D eigenvalue weighted by Gasteiger charge is -2.20. The Morgan fingerprint density at radius 3 is 2.53 bits per heavy atom. The maximum Gasteiger partial charge on any atom is 0.117 e. The third kappa shape index (κ3) is 4.02. The van der Waals surface area contributed by atoms with Gasteiger partial charge >= 0.3 is 0 Å². The number of benzene rings is 2. The highest BCUT2D eigenvalue weighted by Crippen LogP contribution is 2.26. The maximum atomic E-state index is 9.53. The SMILES string of the molecule is CCCCC(Nc1cccc(O)c1)c1ccccc1. The number of hydrogen-bond donors (Lipinski definition) is 2. The van der Waals surface area contributed by atoms with Crippen LogP contribution in [0.1, 0.15) is 37.8 Å². The Balaban J connectivity index is 2.14. The van der Waals surface area contributed by atoms with Crippen molar-refractivity contribution in [3.05, 3.63) is 60.2 Å². The minimum Gasteiger partial charge on any atom is -0.508 e. The molecule has 0 aliphatic carbocycles. The van der Waals surface area contributed by atoms with Crippen molar-refractivity contribution < 1.29 is 5.11 Å². The van der Waals surface area contributed by atoms with Gasteiger partial charge in [0.05, 0.1) is 6.04 Å². The molecule has 19 heavy (non-hydrogen) atoms. The first-order valence-electron chi connectivity index (χ1n) is 6.90. The fraction of sp³-hybridized carbons (Fsp3) is 0.294. The first kappa shape index (κ1) is 13.5. The monoisotopic (exact) mass is 255 g/mol. The molecule has 2 aromatic carbocycles. The van der Waals surface area contributed by atoms with Gasteiger partial charge in [-0.15, -0.1) is 0 Å². The van der Waals surface area contributed by atoms with Crippen molar-refractivity contribution >= 4 is 5.69 Å². The minimum absolute atomic E-state index is 0.294. The van der Waals surface area contributed by atoms with Gasteiger partial charge in [0.1, 0.15) is 5.75 Å². The van der Waals surface area contributed by atoms with Gasteiger partial charge in [-0.25, -0.2) is 0 Å². The number of rotatable bonds is 6. The van der Waals surface area contributed by atoms with E-state index in [4.69, 9.17) is 0 Å². The minimum atomic E-state index is 0.294.